The van der Waals surface area contributed by atoms with Crippen LogP contribution in [-0.2, 0) is 14.8 Å². The third-order valence-electron chi connectivity index (χ3n) is 1.24. The molecule has 0 radical (unpaired) electrons. The predicted octanol–water partition coefficient (Wildman–Crippen LogP) is -0.550. The summed E-state index contributed by atoms with van der Waals surface area (Å²) in [5.74, 6) is -0.177. The summed E-state index contributed by atoms with van der Waals surface area (Å²) in [6.07, 6.45) is 1.09. The summed E-state index contributed by atoms with van der Waals surface area (Å²) in [4.78, 5) is 10.6. The lowest BCUT2D eigenvalue weighted by molar-refractivity contribution is -0.119. The van der Waals surface area contributed by atoms with Gasteiger partial charge < -0.3 is 5.32 Å². The van der Waals surface area contributed by atoms with Crippen LogP contribution in [0.3, 0.4) is 0 Å². The summed E-state index contributed by atoms with van der Waals surface area (Å²) in [6, 6.07) is 0. The lowest BCUT2D eigenvalue weighted by Crippen LogP contribution is -2.50. The third-order valence-corrected chi connectivity index (χ3v) is 2.16. The lowest BCUT2D eigenvalue weighted by Gasteiger charge is -2.24. The number of sulfonamides is 1. The molecule has 13 heavy (non-hydrogen) atoms. The van der Waals surface area contributed by atoms with Gasteiger partial charge in [0.2, 0.25) is 15.9 Å². The molecule has 2 N–H and O–H groups in total. The number of rotatable bonds is 4. The monoisotopic (exact) mass is 208 g/mol. The van der Waals surface area contributed by atoms with Crippen molar-refractivity contribution in [1.29, 1.82) is 0 Å². The van der Waals surface area contributed by atoms with Crippen molar-refractivity contribution in [3.63, 3.8) is 0 Å². The molecule has 0 aliphatic heterocycles. The second kappa shape index (κ2) is 4.06. The molecule has 0 saturated heterocycles. The van der Waals surface area contributed by atoms with Gasteiger partial charge in [0, 0.05) is 19.0 Å². The Bertz CT molecular complexity index is 282. The van der Waals surface area contributed by atoms with Gasteiger partial charge in [0.25, 0.3) is 0 Å². The molecule has 0 aromatic heterocycles. The van der Waals surface area contributed by atoms with Crippen molar-refractivity contribution >= 4 is 15.9 Å². The van der Waals surface area contributed by atoms with Gasteiger partial charge in [-0.3, -0.25) is 4.79 Å². The zero-order valence-electron chi connectivity index (χ0n) is 8.34. The Morgan fingerprint density at radius 2 is 1.85 bits per heavy atom. The van der Waals surface area contributed by atoms with Crippen LogP contribution < -0.4 is 10.0 Å². The second-order valence-corrected chi connectivity index (χ2v) is 5.42. The Balaban J connectivity index is 4.17. The van der Waals surface area contributed by atoms with Crippen molar-refractivity contribution in [2.45, 2.75) is 26.3 Å². The lowest BCUT2D eigenvalue weighted by atomic mass is 10.1. The fourth-order valence-corrected chi connectivity index (χ4v) is 1.96. The summed E-state index contributed by atoms with van der Waals surface area (Å²) in [5, 5.41) is 2.54. The first-order chi connectivity index (χ1) is 5.62. The maximum Gasteiger partial charge on any atom is 0.216 e. The normalized spacial score (nSPS) is 12.6. The minimum atomic E-state index is -3.23. The highest BCUT2D eigenvalue weighted by atomic mass is 32.2. The van der Waals surface area contributed by atoms with E-state index in [9.17, 15) is 13.2 Å². The average Bonchev–Trinajstić information content (AvgIpc) is 1.78. The van der Waals surface area contributed by atoms with Crippen molar-refractivity contribution in [2.24, 2.45) is 0 Å². The number of hydrogen-bond acceptors (Lipinski definition) is 3. The van der Waals surface area contributed by atoms with E-state index in [2.05, 4.69) is 10.0 Å². The number of amides is 1. The average molecular weight is 208 g/mol. The number of hydrogen-bond donors (Lipinski definition) is 2. The van der Waals surface area contributed by atoms with Crippen LogP contribution in [0.5, 0.6) is 0 Å². The molecule has 0 rings (SSSR count). The van der Waals surface area contributed by atoms with Crippen molar-refractivity contribution in [3.8, 4) is 0 Å². The van der Waals surface area contributed by atoms with Gasteiger partial charge in [0.15, 0.2) is 0 Å². The number of carbonyl (C=O) groups excluding carboxylic acids is 1. The highest BCUT2D eigenvalue weighted by Crippen LogP contribution is 2.01. The molecule has 0 heterocycles. The molecule has 6 heteroatoms. The summed E-state index contributed by atoms with van der Waals surface area (Å²) < 4.78 is 24.1. The van der Waals surface area contributed by atoms with Gasteiger partial charge in [-0.15, -0.1) is 0 Å². The fourth-order valence-electron chi connectivity index (χ4n) is 0.883. The van der Waals surface area contributed by atoms with E-state index in [0.717, 1.165) is 6.26 Å². The van der Waals surface area contributed by atoms with Gasteiger partial charge in [0.1, 0.15) is 0 Å². The molecule has 0 aromatic carbocycles. The largest absolute Gasteiger partial charge is 0.354 e. The molecule has 0 saturated carbocycles. The maximum absolute atomic E-state index is 10.9. The number of carbonyl (C=O) groups is 1. The third kappa shape index (κ3) is 7.73. The minimum Gasteiger partial charge on any atom is -0.354 e. The highest BCUT2D eigenvalue weighted by molar-refractivity contribution is 7.88. The molecular formula is C7H16N2O3S. The first kappa shape index (κ1) is 12.4. The van der Waals surface area contributed by atoms with Crippen molar-refractivity contribution < 1.29 is 13.2 Å². The van der Waals surface area contributed by atoms with E-state index >= 15 is 0 Å². The number of nitrogens with one attached hydrogen (secondary N) is 2. The van der Waals surface area contributed by atoms with Crippen molar-refractivity contribution in [2.75, 3.05) is 12.8 Å². The minimum absolute atomic E-state index is 0.177. The summed E-state index contributed by atoms with van der Waals surface area (Å²) in [7, 11) is -3.23. The van der Waals surface area contributed by atoms with E-state index in [1.807, 2.05) is 0 Å². The van der Waals surface area contributed by atoms with Crippen LogP contribution in [0, 0.1) is 0 Å². The molecule has 78 valence electrons. The van der Waals surface area contributed by atoms with Gasteiger partial charge in [-0.05, 0) is 13.8 Å². The van der Waals surface area contributed by atoms with Gasteiger partial charge >= 0.3 is 0 Å². The van der Waals surface area contributed by atoms with E-state index in [-0.39, 0.29) is 12.5 Å². The second-order valence-electron chi connectivity index (χ2n) is 3.67. The van der Waals surface area contributed by atoms with Gasteiger partial charge in [-0.1, -0.05) is 0 Å². The van der Waals surface area contributed by atoms with Gasteiger partial charge in [0.05, 0.1) is 6.26 Å². The van der Waals surface area contributed by atoms with Crippen LogP contribution in [0.15, 0.2) is 0 Å². The molecule has 0 bridgehead atoms. The molecule has 5 nitrogen and oxygen atoms in total. The SMILES string of the molecule is CC(=O)NCC(C)(C)NS(C)(=O)=O. The zero-order chi connectivity index (χ0) is 10.7. The molecule has 1 amide bonds. The molecule has 0 aliphatic rings. The standard InChI is InChI=1S/C7H16N2O3S/c1-6(10)8-5-7(2,3)9-13(4,11)12/h9H,5H2,1-4H3,(H,8,10). The topological polar surface area (TPSA) is 75.3 Å². The summed E-state index contributed by atoms with van der Waals surface area (Å²) in [6.45, 7) is 5.06. The van der Waals surface area contributed by atoms with Crippen molar-refractivity contribution in [1.82, 2.24) is 10.0 Å². The molecule has 0 unspecified atom stereocenters. The van der Waals surface area contributed by atoms with Crippen molar-refractivity contribution in [3.05, 3.63) is 0 Å². The Morgan fingerprint density at radius 1 is 1.38 bits per heavy atom. The Kier molecular flexibility index (Phi) is 3.87. The van der Waals surface area contributed by atoms with Gasteiger partial charge in [-0.2, -0.15) is 0 Å². The fraction of sp³-hybridized carbons (Fsp3) is 0.857. The van der Waals surface area contributed by atoms with E-state index in [1.165, 1.54) is 6.92 Å². The summed E-state index contributed by atoms with van der Waals surface area (Å²) in [5.41, 5.74) is -0.654. The Morgan fingerprint density at radius 3 is 2.15 bits per heavy atom. The van der Waals surface area contributed by atoms with E-state index < -0.39 is 15.6 Å². The zero-order valence-corrected chi connectivity index (χ0v) is 9.16. The smallest absolute Gasteiger partial charge is 0.216 e. The van der Waals surface area contributed by atoms with Crippen LogP contribution in [0.2, 0.25) is 0 Å². The van der Waals surface area contributed by atoms with E-state index in [1.54, 1.807) is 13.8 Å². The first-order valence-corrected chi connectivity index (χ1v) is 5.75. The first-order valence-electron chi connectivity index (χ1n) is 3.86. The molecule has 0 spiro atoms. The van der Waals surface area contributed by atoms with Crippen LogP contribution >= 0.6 is 0 Å². The molecule has 0 aromatic rings. The van der Waals surface area contributed by atoms with E-state index in [0.29, 0.717) is 0 Å². The van der Waals surface area contributed by atoms with Crippen LogP contribution in [-0.4, -0.2) is 32.7 Å². The molecular weight excluding hydrogens is 192 g/mol. The van der Waals surface area contributed by atoms with Crippen LogP contribution in [0.4, 0.5) is 0 Å². The van der Waals surface area contributed by atoms with Crippen LogP contribution in [0.1, 0.15) is 20.8 Å². The Hall–Kier alpha value is -0.620. The molecule has 0 atom stereocenters. The highest BCUT2D eigenvalue weighted by Gasteiger charge is 2.21. The molecule has 0 fully saturated rings. The quantitative estimate of drug-likeness (QED) is 0.651. The van der Waals surface area contributed by atoms with E-state index in [4.69, 9.17) is 0 Å². The van der Waals surface area contributed by atoms with Crippen LogP contribution in [0.25, 0.3) is 0 Å². The molecule has 0 aliphatic carbocycles. The Labute approximate surface area is 79.0 Å². The van der Waals surface area contributed by atoms with Gasteiger partial charge in [-0.25, -0.2) is 13.1 Å². The predicted molar refractivity (Wildman–Crippen MR) is 50.7 cm³/mol. The maximum atomic E-state index is 10.9. The summed E-state index contributed by atoms with van der Waals surface area (Å²) >= 11 is 0.